The summed E-state index contributed by atoms with van der Waals surface area (Å²) in [6.45, 7) is 11.3. The SMILES string of the molecule is CCOC(=O)C(C)C1CCNCC1.CCOP(=O)(OCC)C(C)C(=O)O. The molecule has 0 radical (unpaired) electrons. The monoisotopic (exact) mass is 395 g/mol. The number of ether oxygens (including phenoxy) is 1. The summed E-state index contributed by atoms with van der Waals surface area (Å²) in [6.07, 6.45) is 2.19. The molecule has 0 aromatic carbocycles. The van der Waals surface area contributed by atoms with E-state index in [9.17, 15) is 14.2 Å². The summed E-state index contributed by atoms with van der Waals surface area (Å²) in [5.74, 6) is -0.623. The summed E-state index contributed by atoms with van der Waals surface area (Å²) in [4.78, 5) is 22.0. The summed E-state index contributed by atoms with van der Waals surface area (Å²) in [7, 11) is -3.47. The number of nitrogens with one attached hydrogen (secondary N) is 1. The summed E-state index contributed by atoms with van der Waals surface area (Å²) >= 11 is 0. The molecule has 2 N–H and O–H groups in total. The third kappa shape index (κ3) is 8.62. The van der Waals surface area contributed by atoms with Gasteiger partial charge in [0.1, 0.15) is 0 Å². The van der Waals surface area contributed by atoms with Crippen LogP contribution in [-0.2, 0) is 27.9 Å². The lowest BCUT2D eigenvalue weighted by atomic mass is 9.86. The Morgan fingerprint density at radius 2 is 1.58 bits per heavy atom. The Kier molecular flexibility index (Phi) is 12.8. The second-order valence-electron chi connectivity index (χ2n) is 6.02. The van der Waals surface area contributed by atoms with Crippen molar-refractivity contribution in [3.63, 3.8) is 0 Å². The fourth-order valence-corrected chi connectivity index (χ4v) is 4.08. The molecule has 0 spiro atoms. The molecule has 9 heteroatoms. The normalized spacial score (nSPS) is 17.6. The molecule has 0 aromatic heterocycles. The van der Waals surface area contributed by atoms with Crippen LogP contribution in [0.4, 0.5) is 0 Å². The molecular weight excluding hydrogens is 361 g/mol. The lowest BCUT2D eigenvalue weighted by Crippen LogP contribution is -2.34. The topological polar surface area (TPSA) is 111 Å². The number of carbonyl (C=O) groups excluding carboxylic acids is 1. The Hall–Kier alpha value is -0.950. The largest absolute Gasteiger partial charge is 0.481 e. The molecule has 0 amide bonds. The molecule has 0 aliphatic carbocycles. The van der Waals surface area contributed by atoms with Crippen LogP contribution in [0.1, 0.15) is 47.5 Å². The molecule has 1 heterocycles. The fourth-order valence-electron chi connectivity index (χ4n) is 2.57. The van der Waals surface area contributed by atoms with Gasteiger partial charge in [-0.25, -0.2) is 0 Å². The van der Waals surface area contributed by atoms with Crippen LogP contribution in [0.5, 0.6) is 0 Å². The van der Waals surface area contributed by atoms with Crippen LogP contribution in [0.25, 0.3) is 0 Å². The minimum atomic E-state index is -3.47. The Morgan fingerprint density at radius 3 is 1.96 bits per heavy atom. The van der Waals surface area contributed by atoms with Crippen molar-refractivity contribution in [2.45, 2.75) is 53.1 Å². The van der Waals surface area contributed by atoms with Crippen molar-refractivity contribution in [1.29, 1.82) is 0 Å². The summed E-state index contributed by atoms with van der Waals surface area (Å²) in [5, 5.41) is 11.9. The van der Waals surface area contributed by atoms with E-state index in [2.05, 4.69) is 5.32 Å². The highest BCUT2D eigenvalue weighted by Crippen LogP contribution is 2.52. The molecule has 154 valence electrons. The van der Waals surface area contributed by atoms with E-state index in [1.807, 2.05) is 13.8 Å². The number of hydrogen-bond donors (Lipinski definition) is 2. The molecule has 1 aliphatic heterocycles. The maximum atomic E-state index is 11.7. The molecule has 1 aliphatic rings. The zero-order chi connectivity index (χ0) is 20.2. The van der Waals surface area contributed by atoms with Crippen LogP contribution >= 0.6 is 7.60 Å². The first-order valence-corrected chi connectivity index (χ1v) is 10.8. The number of carboxylic acids is 1. The van der Waals surface area contributed by atoms with Gasteiger partial charge >= 0.3 is 19.5 Å². The van der Waals surface area contributed by atoms with Crippen molar-refractivity contribution < 1.29 is 33.0 Å². The summed E-state index contributed by atoms with van der Waals surface area (Å²) in [5.41, 5.74) is -1.12. The zero-order valence-electron chi connectivity index (χ0n) is 16.5. The van der Waals surface area contributed by atoms with Crippen molar-refractivity contribution in [3.05, 3.63) is 0 Å². The van der Waals surface area contributed by atoms with E-state index in [1.54, 1.807) is 13.8 Å². The average molecular weight is 395 g/mol. The molecule has 0 bridgehead atoms. The highest BCUT2D eigenvalue weighted by molar-refractivity contribution is 7.55. The average Bonchev–Trinajstić information content (AvgIpc) is 2.62. The van der Waals surface area contributed by atoms with Crippen LogP contribution in [0.3, 0.4) is 0 Å². The van der Waals surface area contributed by atoms with Gasteiger partial charge in [0, 0.05) is 0 Å². The van der Waals surface area contributed by atoms with E-state index in [0.29, 0.717) is 12.5 Å². The first-order valence-electron chi connectivity index (χ1n) is 9.22. The van der Waals surface area contributed by atoms with E-state index in [4.69, 9.17) is 18.9 Å². The van der Waals surface area contributed by atoms with E-state index in [0.717, 1.165) is 25.9 Å². The molecule has 0 aromatic rings. The molecule has 2 unspecified atom stereocenters. The second-order valence-corrected chi connectivity index (χ2v) is 8.39. The van der Waals surface area contributed by atoms with Gasteiger partial charge in [-0.2, -0.15) is 0 Å². The second kappa shape index (κ2) is 13.3. The third-order valence-corrected chi connectivity index (χ3v) is 6.60. The van der Waals surface area contributed by atoms with Gasteiger partial charge in [0.2, 0.25) is 0 Å². The van der Waals surface area contributed by atoms with Gasteiger partial charge in [0.05, 0.1) is 25.7 Å². The Balaban J connectivity index is 0.000000481. The number of piperidine rings is 1. The number of carboxylic acid groups (broad SMARTS) is 1. The Labute approximate surface area is 156 Å². The van der Waals surface area contributed by atoms with Crippen molar-refractivity contribution in [1.82, 2.24) is 5.32 Å². The first kappa shape index (κ1) is 25.1. The highest BCUT2D eigenvalue weighted by Gasteiger charge is 2.37. The highest BCUT2D eigenvalue weighted by atomic mass is 31.2. The minimum Gasteiger partial charge on any atom is -0.481 e. The van der Waals surface area contributed by atoms with Gasteiger partial charge in [0.25, 0.3) is 0 Å². The van der Waals surface area contributed by atoms with Crippen molar-refractivity contribution in [2.24, 2.45) is 11.8 Å². The van der Waals surface area contributed by atoms with Gasteiger partial charge in [-0.3, -0.25) is 14.2 Å². The number of carbonyl (C=O) groups is 2. The van der Waals surface area contributed by atoms with E-state index >= 15 is 0 Å². The van der Waals surface area contributed by atoms with Crippen molar-refractivity contribution in [2.75, 3.05) is 32.9 Å². The molecular formula is C17H34NO7P. The minimum absolute atomic E-state index is 0.0330. The molecule has 1 fully saturated rings. The predicted octanol–water partition coefficient (Wildman–Crippen LogP) is 2.91. The quantitative estimate of drug-likeness (QED) is 0.453. The number of hydrogen-bond acceptors (Lipinski definition) is 7. The zero-order valence-corrected chi connectivity index (χ0v) is 17.4. The van der Waals surface area contributed by atoms with Crippen LogP contribution < -0.4 is 5.32 Å². The smallest absolute Gasteiger partial charge is 0.344 e. The van der Waals surface area contributed by atoms with E-state index in [-0.39, 0.29) is 25.1 Å². The van der Waals surface area contributed by atoms with Crippen LogP contribution in [0.2, 0.25) is 0 Å². The van der Waals surface area contributed by atoms with Gasteiger partial charge < -0.3 is 24.2 Å². The van der Waals surface area contributed by atoms with Gasteiger partial charge in [-0.05, 0) is 59.5 Å². The molecule has 1 saturated heterocycles. The number of esters is 1. The fraction of sp³-hybridized carbons (Fsp3) is 0.882. The maximum absolute atomic E-state index is 11.7. The van der Waals surface area contributed by atoms with Crippen LogP contribution in [0.15, 0.2) is 0 Å². The van der Waals surface area contributed by atoms with Gasteiger partial charge in [-0.15, -0.1) is 0 Å². The van der Waals surface area contributed by atoms with Crippen LogP contribution in [0, 0.1) is 11.8 Å². The number of rotatable bonds is 9. The lowest BCUT2D eigenvalue weighted by Gasteiger charge is -2.26. The molecule has 2 atom stereocenters. The first-order chi connectivity index (χ1) is 12.2. The molecule has 0 saturated carbocycles. The number of aliphatic carboxylic acids is 1. The Bertz CT molecular complexity index is 456. The van der Waals surface area contributed by atoms with E-state index in [1.165, 1.54) is 6.92 Å². The van der Waals surface area contributed by atoms with E-state index < -0.39 is 19.2 Å². The molecule has 8 nitrogen and oxygen atoms in total. The molecule has 1 rings (SSSR count). The van der Waals surface area contributed by atoms with Crippen molar-refractivity contribution in [3.8, 4) is 0 Å². The maximum Gasteiger partial charge on any atom is 0.344 e. The summed E-state index contributed by atoms with van der Waals surface area (Å²) in [6, 6.07) is 0. The summed E-state index contributed by atoms with van der Waals surface area (Å²) < 4.78 is 26.4. The van der Waals surface area contributed by atoms with Crippen molar-refractivity contribution >= 4 is 19.5 Å². The molecule has 26 heavy (non-hydrogen) atoms. The predicted molar refractivity (Wildman–Crippen MR) is 99.3 cm³/mol. The standard InChI is InChI=1S/C10H19NO2.C7H15O5P/c1-3-13-10(12)8(2)9-4-6-11-7-5-9;1-4-11-13(10,12-5-2)6(3)7(8)9/h8-9,11H,3-7H2,1-2H3;6H,4-5H2,1-3H3,(H,8,9). The van der Waals surface area contributed by atoms with Gasteiger partial charge in [0.15, 0.2) is 5.66 Å². The van der Waals surface area contributed by atoms with Crippen LogP contribution in [-0.4, -0.2) is 55.6 Å². The Morgan fingerprint density at radius 1 is 1.08 bits per heavy atom. The third-order valence-electron chi connectivity index (χ3n) is 4.20. The van der Waals surface area contributed by atoms with Gasteiger partial charge in [-0.1, -0.05) is 6.92 Å². The lowest BCUT2D eigenvalue weighted by molar-refractivity contribution is -0.149.